The average Bonchev–Trinajstić information content (AvgIpc) is 2.78. The molecule has 0 bridgehead atoms. The van der Waals surface area contributed by atoms with Crippen LogP contribution in [0.5, 0.6) is 5.75 Å². The van der Waals surface area contributed by atoms with Crippen molar-refractivity contribution in [1.82, 2.24) is 14.9 Å². The van der Waals surface area contributed by atoms with Crippen molar-refractivity contribution < 1.29 is 4.74 Å². The van der Waals surface area contributed by atoms with E-state index < -0.39 is 0 Å². The Labute approximate surface area is 179 Å². The van der Waals surface area contributed by atoms with Crippen molar-refractivity contribution >= 4 is 22.7 Å². The summed E-state index contributed by atoms with van der Waals surface area (Å²) < 4.78 is 5.97. The average molecular weight is 408 g/mol. The van der Waals surface area contributed by atoms with Gasteiger partial charge >= 0.3 is 0 Å². The van der Waals surface area contributed by atoms with Gasteiger partial charge in [0.1, 0.15) is 18.2 Å². The predicted octanol–water partition coefficient (Wildman–Crippen LogP) is 4.72. The highest BCUT2D eigenvalue weighted by Gasteiger charge is 2.08. The molecule has 0 atom stereocenters. The highest BCUT2D eigenvalue weighted by Crippen LogP contribution is 2.26. The van der Waals surface area contributed by atoms with Crippen LogP contribution in [0.3, 0.4) is 0 Å². The first-order valence-corrected chi connectivity index (χ1v) is 10.9. The number of nitrogens with zero attached hydrogens (tertiary/aromatic N) is 3. The second kappa shape index (κ2) is 11.4. The predicted molar refractivity (Wildman–Crippen MR) is 125 cm³/mol. The van der Waals surface area contributed by atoms with Crippen molar-refractivity contribution in [3.8, 4) is 5.75 Å². The first-order valence-electron chi connectivity index (χ1n) is 10.9. The summed E-state index contributed by atoms with van der Waals surface area (Å²) in [6.07, 6.45) is 3.50. The van der Waals surface area contributed by atoms with Crippen molar-refractivity contribution in [2.24, 2.45) is 0 Å². The van der Waals surface area contributed by atoms with Gasteiger partial charge in [0.2, 0.25) is 5.95 Å². The number of nitrogens with two attached hydrogens (primary N) is 1. The van der Waals surface area contributed by atoms with Crippen LogP contribution in [-0.4, -0.2) is 41.0 Å². The zero-order chi connectivity index (χ0) is 21.2. The van der Waals surface area contributed by atoms with Crippen LogP contribution in [0.1, 0.15) is 38.7 Å². The normalized spacial score (nSPS) is 11.2. The minimum atomic E-state index is 0.282. The van der Waals surface area contributed by atoms with Crippen molar-refractivity contribution in [3.63, 3.8) is 0 Å². The van der Waals surface area contributed by atoms with Gasteiger partial charge in [-0.25, -0.2) is 4.98 Å². The summed E-state index contributed by atoms with van der Waals surface area (Å²) in [7, 11) is 0. The smallest absolute Gasteiger partial charge is 0.222 e. The minimum absolute atomic E-state index is 0.282. The van der Waals surface area contributed by atoms with Crippen LogP contribution in [0.15, 0.2) is 48.5 Å². The zero-order valence-corrected chi connectivity index (χ0v) is 18.1. The molecule has 6 heteroatoms. The van der Waals surface area contributed by atoms with E-state index in [2.05, 4.69) is 46.2 Å². The maximum atomic E-state index is 5.97. The molecule has 0 amide bonds. The lowest BCUT2D eigenvalue weighted by molar-refractivity contribution is 0.296. The molecule has 0 aliphatic carbocycles. The van der Waals surface area contributed by atoms with Gasteiger partial charge in [-0.1, -0.05) is 50.6 Å². The first-order chi connectivity index (χ1) is 14.7. The Morgan fingerprint density at radius 3 is 2.53 bits per heavy atom. The molecular weight excluding hydrogens is 374 g/mol. The second-order valence-corrected chi connectivity index (χ2v) is 7.40. The van der Waals surface area contributed by atoms with Crippen molar-refractivity contribution in [1.29, 1.82) is 0 Å². The molecule has 3 N–H and O–H groups in total. The van der Waals surface area contributed by atoms with Gasteiger partial charge in [-0.3, -0.25) is 0 Å². The van der Waals surface area contributed by atoms with Gasteiger partial charge < -0.3 is 20.7 Å². The fraction of sp³-hybridized carbons (Fsp3) is 0.417. The number of rotatable bonds is 12. The highest BCUT2D eigenvalue weighted by atomic mass is 16.5. The molecular formula is C24H33N5O. The molecule has 2 aromatic carbocycles. The Morgan fingerprint density at radius 2 is 1.77 bits per heavy atom. The number of benzene rings is 2. The Balaban J connectivity index is 1.59. The van der Waals surface area contributed by atoms with E-state index in [1.165, 1.54) is 19.4 Å². The van der Waals surface area contributed by atoms with Crippen LogP contribution in [-0.2, 0) is 6.61 Å². The van der Waals surface area contributed by atoms with Crippen LogP contribution in [0, 0.1) is 0 Å². The van der Waals surface area contributed by atoms with E-state index >= 15 is 0 Å². The van der Waals surface area contributed by atoms with E-state index in [4.69, 9.17) is 10.5 Å². The lowest BCUT2D eigenvalue weighted by Gasteiger charge is -2.17. The molecule has 0 radical (unpaired) electrons. The fourth-order valence-electron chi connectivity index (χ4n) is 3.47. The number of hydrogen-bond acceptors (Lipinski definition) is 6. The molecule has 160 valence electrons. The molecule has 0 unspecified atom stereocenters. The third-order valence-electron chi connectivity index (χ3n) is 5.27. The Morgan fingerprint density at radius 1 is 0.967 bits per heavy atom. The van der Waals surface area contributed by atoms with Gasteiger partial charge in [-0.15, -0.1) is 0 Å². The first kappa shape index (κ1) is 21.8. The quantitative estimate of drug-likeness (QED) is 0.423. The minimum Gasteiger partial charge on any atom is -0.489 e. The van der Waals surface area contributed by atoms with Gasteiger partial charge in [0.25, 0.3) is 0 Å². The fourth-order valence-corrected chi connectivity index (χ4v) is 3.47. The topological polar surface area (TPSA) is 76.3 Å². The maximum Gasteiger partial charge on any atom is 0.222 e. The molecule has 3 aromatic rings. The van der Waals surface area contributed by atoms with E-state index in [0.29, 0.717) is 6.61 Å². The third-order valence-corrected chi connectivity index (χ3v) is 5.27. The van der Waals surface area contributed by atoms with Gasteiger partial charge in [-0.05, 0) is 56.2 Å². The highest BCUT2D eigenvalue weighted by molar-refractivity contribution is 5.91. The summed E-state index contributed by atoms with van der Waals surface area (Å²) in [6, 6.07) is 16.0. The zero-order valence-electron chi connectivity index (χ0n) is 18.1. The summed E-state index contributed by atoms with van der Waals surface area (Å²) in [4.78, 5) is 11.2. The number of nitrogen functional groups attached to an aromatic ring is 1. The van der Waals surface area contributed by atoms with Crippen LogP contribution in [0.25, 0.3) is 10.9 Å². The molecule has 30 heavy (non-hydrogen) atoms. The summed E-state index contributed by atoms with van der Waals surface area (Å²) in [6.45, 7) is 9.22. The SMILES string of the molecule is CCN(CC)CCCCCNc1nc(N)nc2ccc(OCc3ccccc3)cc12. The van der Waals surface area contributed by atoms with Crippen molar-refractivity contribution in [2.45, 2.75) is 39.7 Å². The summed E-state index contributed by atoms with van der Waals surface area (Å²) in [5.74, 6) is 1.85. The number of fused-ring (bicyclic) bond motifs is 1. The molecule has 0 aliphatic heterocycles. The molecule has 0 spiro atoms. The Bertz CT molecular complexity index is 912. The van der Waals surface area contributed by atoms with E-state index in [0.717, 1.165) is 54.1 Å². The molecule has 0 saturated heterocycles. The number of hydrogen-bond donors (Lipinski definition) is 2. The van der Waals surface area contributed by atoms with Gasteiger partial charge in [0, 0.05) is 11.9 Å². The molecule has 3 rings (SSSR count). The third kappa shape index (κ3) is 6.32. The van der Waals surface area contributed by atoms with Gasteiger partial charge in [-0.2, -0.15) is 4.98 Å². The second-order valence-electron chi connectivity index (χ2n) is 7.40. The lowest BCUT2D eigenvalue weighted by atomic mass is 10.2. The molecule has 6 nitrogen and oxygen atoms in total. The largest absolute Gasteiger partial charge is 0.489 e. The lowest BCUT2D eigenvalue weighted by Crippen LogP contribution is -2.23. The van der Waals surface area contributed by atoms with Crippen LogP contribution >= 0.6 is 0 Å². The van der Waals surface area contributed by atoms with Crippen LogP contribution < -0.4 is 15.8 Å². The number of ether oxygens (including phenoxy) is 1. The maximum absolute atomic E-state index is 5.97. The Hall–Kier alpha value is -2.86. The molecule has 1 heterocycles. The van der Waals surface area contributed by atoms with Gasteiger partial charge in [0.05, 0.1) is 5.52 Å². The number of aromatic nitrogens is 2. The molecule has 1 aromatic heterocycles. The Kier molecular flexibility index (Phi) is 8.27. The number of nitrogens with one attached hydrogen (secondary N) is 1. The van der Waals surface area contributed by atoms with Crippen molar-refractivity contribution in [3.05, 3.63) is 54.1 Å². The van der Waals surface area contributed by atoms with Gasteiger partial charge in [0.15, 0.2) is 0 Å². The standard InChI is InChI=1S/C24H33N5O/c1-3-29(4-2)16-10-6-9-15-26-23-21-17-20(13-14-22(21)27-24(25)28-23)30-18-19-11-7-5-8-12-19/h5,7-8,11-14,17H,3-4,6,9-10,15-16,18H2,1-2H3,(H3,25,26,27,28). The summed E-state index contributed by atoms with van der Waals surface area (Å²) >= 11 is 0. The molecule has 0 aliphatic rings. The van der Waals surface area contributed by atoms with Crippen LogP contribution in [0.4, 0.5) is 11.8 Å². The number of unbranched alkanes of at least 4 members (excludes halogenated alkanes) is 2. The number of anilines is 2. The molecule has 0 fully saturated rings. The van der Waals surface area contributed by atoms with Crippen molar-refractivity contribution in [2.75, 3.05) is 37.2 Å². The van der Waals surface area contributed by atoms with Crippen LogP contribution in [0.2, 0.25) is 0 Å². The van der Waals surface area contributed by atoms with E-state index in [1.54, 1.807) is 0 Å². The van der Waals surface area contributed by atoms with E-state index in [1.807, 2.05) is 36.4 Å². The van der Waals surface area contributed by atoms with E-state index in [-0.39, 0.29) is 5.95 Å². The summed E-state index contributed by atoms with van der Waals surface area (Å²) in [5.41, 5.74) is 7.87. The molecule has 0 saturated carbocycles. The monoisotopic (exact) mass is 407 g/mol. The van der Waals surface area contributed by atoms with E-state index in [9.17, 15) is 0 Å². The summed E-state index contributed by atoms with van der Waals surface area (Å²) in [5, 5.41) is 4.37.